The van der Waals surface area contributed by atoms with E-state index >= 15 is 0 Å². The lowest BCUT2D eigenvalue weighted by molar-refractivity contribution is -0.155. The Hall–Kier alpha value is -2.41. The van der Waals surface area contributed by atoms with Crippen LogP contribution in [-0.2, 0) is 30.4 Å². The van der Waals surface area contributed by atoms with Crippen LogP contribution in [0.15, 0.2) is 30.3 Å². The molecule has 27 heavy (non-hydrogen) atoms. The second-order valence-corrected chi connectivity index (χ2v) is 7.07. The number of benzene rings is 1. The number of hydrogen-bond acceptors (Lipinski definition) is 6. The van der Waals surface area contributed by atoms with Gasteiger partial charge in [0.15, 0.2) is 0 Å². The Labute approximate surface area is 160 Å². The molecule has 7 heteroatoms. The fourth-order valence-electron chi connectivity index (χ4n) is 2.31. The SMILES string of the molecule is CCOC(=O)CNC(=O)C(CCC(=O)OC(C)(C)C)NCc1ccccc1. The first-order valence-electron chi connectivity index (χ1n) is 9.13. The van der Waals surface area contributed by atoms with E-state index in [4.69, 9.17) is 9.47 Å². The molecule has 0 spiro atoms. The lowest BCUT2D eigenvalue weighted by Crippen LogP contribution is -2.46. The van der Waals surface area contributed by atoms with E-state index < -0.39 is 17.6 Å². The molecule has 2 N–H and O–H groups in total. The summed E-state index contributed by atoms with van der Waals surface area (Å²) in [5.74, 6) is -1.23. The highest BCUT2D eigenvalue weighted by Gasteiger charge is 2.22. The van der Waals surface area contributed by atoms with Crippen molar-refractivity contribution < 1.29 is 23.9 Å². The van der Waals surface area contributed by atoms with Crippen molar-refractivity contribution in [2.24, 2.45) is 0 Å². The molecule has 1 aromatic carbocycles. The molecule has 1 atom stereocenters. The summed E-state index contributed by atoms with van der Waals surface area (Å²) in [7, 11) is 0. The lowest BCUT2D eigenvalue weighted by Gasteiger charge is -2.21. The molecule has 7 nitrogen and oxygen atoms in total. The van der Waals surface area contributed by atoms with Crippen molar-refractivity contribution in [1.82, 2.24) is 10.6 Å². The summed E-state index contributed by atoms with van der Waals surface area (Å²) in [5, 5.41) is 5.69. The molecule has 0 aromatic heterocycles. The molecule has 0 heterocycles. The van der Waals surface area contributed by atoms with Crippen LogP contribution in [-0.4, -0.2) is 42.6 Å². The van der Waals surface area contributed by atoms with Gasteiger partial charge >= 0.3 is 11.9 Å². The summed E-state index contributed by atoms with van der Waals surface area (Å²) in [6, 6.07) is 8.98. The average Bonchev–Trinajstić information content (AvgIpc) is 2.59. The predicted molar refractivity (Wildman–Crippen MR) is 102 cm³/mol. The van der Waals surface area contributed by atoms with Gasteiger partial charge in [0.25, 0.3) is 0 Å². The molecule has 1 rings (SSSR count). The molecule has 0 saturated heterocycles. The van der Waals surface area contributed by atoms with E-state index in [9.17, 15) is 14.4 Å². The smallest absolute Gasteiger partial charge is 0.325 e. The van der Waals surface area contributed by atoms with Gasteiger partial charge in [0, 0.05) is 13.0 Å². The van der Waals surface area contributed by atoms with Crippen LogP contribution >= 0.6 is 0 Å². The second-order valence-electron chi connectivity index (χ2n) is 7.07. The van der Waals surface area contributed by atoms with E-state index in [0.717, 1.165) is 5.56 Å². The molecular weight excluding hydrogens is 348 g/mol. The van der Waals surface area contributed by atoms with Gasteiger partial charge in [-0.05, 0) is 39.7 Å². The Morgan fingerprint density at radius 2 is 1.74 bits per heavy atom. The summed E-state index contributed by atoms with van der Waals surface area (Å²) < 4.78 is 10.1. The molecule has 0 fully saturated rings. The maximum Gasteiger partial charge on any atom is 0.325 e. The summed E-state index contributed by atoms with van der Waals surface area (Å²) in [6.45, 7) is 7.59. The van der Waals surface area contributed by atoms with Crippen molar-refractivity contribution in [1.29, 1.82) is 0 Å². The van der Waals surface area contributed by atoms with Crippen molar-refractivity contribution in [2.45, 2.75) is 58.7 Å². The first kappa shape index (κ1) is 22.6. The molecule has 1 unspecified atom stereocenters. The number of carbonyl (C=O) groups excluding carboxylic acids is 3. The zero-order valence-electron chi connectivity index (χ0n) is 16.5. The van der Waals surface area contributed by atoms with Crippen molar-refractivity contribution in [2.75, 3.05) is 13.2 Å². The summed E-state index contributed by atoms with van der Waals surface area (Å²) in [4.78, 5) is 35.8. The monoisotopic (exact) mass is 378 g/mol. The lowest BCUT2D eigenvalue weighted by atomic mass is 10.1. The second kappa shape index (κ2) is 11.3. The fourth-order valence-corrected chi connectivity index (χ4v) is 2.31. The molecular formula is C20H30N2O5. The molecule has 0 saturated carbocycles. The Bertz CT molecular complexity index is 611. The van der Waals surface area contributed by atoms with Gasteiger partial charge in [-0.15, -0.1) is 0 Å². The number of esters is 2. The van der Waals surface area contributed by atoms with Crippen LogP contribution < -0.4 is 10.6 Å². The topological polar surface area (TPSA) is 93.7 Å². The highest BCUT2D eigenvalue weighted by molar-refractivity contribution is 5.86. The Balaban J connectivity index is 2.62. The van der Waals surface area contributed by atoms with Gasteiger partial charge in [0.1, 0.15) is 12.1 Å². The quantitative estimate of drug-likeness (QED) is 0.605. The first-order valence-corrected chi connectivity index (χ1v) is 9.13. The van der Waals surface area contributed by atoms with E-state index in [2.05, 4.69) is 10.6 Å². The largest absolute Gasteiger partial charge is 0.465 e. The number of nitrogens with one attached hydrogen (secondary N) is 2. The highest BCUT2D eigenvalue weighted by Crippen LogP contribution is 2.10. The number of ether oxygens (including phenoxy) is 2. The molecule has 1 amide bonds. The van der Waals surface area contributed by atoms with Crippen LogP contribution in [0, 0.1) is 0 Å². The minimum atomic E-state index is -0.632. The van der Waals surface area contributed by atoms with Crippen molar-refractivity contribution >= 4 is 17.8 Å². The number of rotatable bonds is 10. The summed E-state index contributed by atoms with van der Waals surface area (Å²) >= 11 is 0. The standard InChI is InChI=1S/C20H30N2O5/c1-5-26-18(24)14-22-19(25)16(11-12-17(23)27-20(2,3)4)21-13-15-9-7-6-8-10-15/h6-10,16,21H,5,11-14H2,1-4H3,(H,22,25). The van der Waals surface area contributed by atoms with E-state index in [1.165, 1.54) is 0 Å². The Morgan fingerprint density at radius 1 is 1.07 bits per heavy atom. The maximum atomic E-state index is 12.4. The highest BCUT2D eigenvalue weighted by atomic mass is 16.6. The van der Waals surface area contributed by atoms with Gasteiger partial charge in [-0.25, -0.2) is 0 Å². The third kappa shape index (κ3) is 10.4. The first-order chi connectivity index (χ1) is 12.7. The zero-order chi connectivity index (χ0) is 20.3. The Morgan fingerprint density at radius 3 is 2.33 bits per heavy atom. The number of carbonyl (C=O) groups is 3. The molecule has 0 aliphatic rings. The molecule has 0 aliphatic heterocycles. The molecule has 1 aromatic rings. The zero-order valence-corrected chi connectivity index (χ0v) is 16.5. The van der Waals surface area contributed by atoms with Gasteiger partial charge in [0.2, 0.25) is 5.91 Å². The molecule has 150 valence electrons. The third-order valence-electron chi connectivity index (χ3n) is 3.48. The van der Waals surface area contributed by atoms with Crippen molar-refractivity contribution in [3.8, 4) is 0 Å². The normalized spacial score (nSPS) is 12.1. The molecule has 0 radical (unpaired) electrons. The van der Waals surface area contributed by atoms with Crippen LogP contribution in [0.4, 0.5) is 0 Å². The minimum Gasteiger partial charge on any atom is -0.465 e. The van der Waals surface area contributed by atoms with E-state index in [1.54, 1.807) is 27.7 Å². The van der Waals surface area contributed by atoms with Gasteiger partial charge in [-0.3, -0.25) is 14.4 Å². The van der Waals surface area contributed by atoms with Gasteiger partial charge < -0.3 is 20.1 Å². The molecule has 0 bridgehead atoms. The van der Waals surface area contributed by atoms with Crippen LogP contribution in [0.3, 0.4) is 0 Å². The van der Waals surface area contributed by atoms with E-state index in [-0.39, 0.29) is 37.9 Å². The third-order valence-corrected chi connectivity index (χ3v) is 3.48. The van der Waals surface area contributed by atoms with Crippen LogP contribution in [0.25, 0.3) is 0 Å². The average molecular weight is 378 g/mol. The Kier molecular flexibility index (Phi) is 9.50. The molecule has 0 aliphatic carbocycles. The fraction of sp³-hybridized carbons (Fsp3) is 0.550. The van der Waals surface area contributed by atoms with Crippen LogP contribution in [0.2, 0.25) is 0 Å². The number of hydrogen-bond donors (Lipinski definition) is 2. The van der Waals surface area contributed by atoms with Crippen LogP contribution in [0.1, 0.15) is 46.1 Å². The summed E-state index contributed by atoms with van der Waals surface area (Å²) in [6.07, 6.45) is 0.354. The van der Waals surface area contributed by atoms with Gasteiger partial charge in [-0.2, -0.15) is 0 Å². The van der Waals surface area contributed by atoms with Crippen molar-refractivity contribution in [3.05, 3.63) is 35.9 Å². The van der Waals surface area contributed by atoms with Crippen molar-refractivity contribution in [3.63, 3.8) is 0 Å². The minimum absolute atomic E-state index is 0.0938. The van der Waals surface area contributed by atoms with Crippen LogP contribution in [0.5, 0.6) is 0 Å². The predicted octanol–water partition coefficient (Wildman–Crippen LogP) is 1.95. The number of amides is 1. The summed E-state index contributed by atoms with van der Waals surface area (Å²) in [5.41, 5.74) is 0.439. The maximum absolute atomic E-state index is 12.4. The van der Waals surface area contributed by atoms with E-state index in [1.807, 2.05) is 30.3 Å². The van der Waals surface area contributed by atoms with Gasteiger partial charge in [-0.1, -0.05) is 30.3 Å². The van der Waals surface area contributed by atoms with Gasteiger partial charge in [0.05, 0.1) is 12.6 Å². The van der Waals surface area contributed by atoms with E-state index in [0.29, 0.717) is 6.54 Å².